The highest BCUT2D eigenvalue weighted by molar-refractivity contribution is 5.92. The summed E-state index contributed by atoms with van der Waals surface area (Å²) in [6.07, 6.45) is 5.90. The number of guanidine groups is 2. The van der Waals surface area contributed by atoms with Crippen LogP contribution in [0.15, 0.2) is 9.98 Å². The van der Waals surface area contributed by atoms with Crippen molar-refractivity contribution >= 4 is 11.9 Å². The molecule has 0 aromatic heterocycles. The summed E-state index contributed by atoms with van der Waals surface area (Å²) < 4.78 is 6.45. The van der Waals surface area contributed by atoms with Crippen LogP contribution in [0.1, 0.15) is 61.3 Å². The lowest BCUT2D eigenvalue weighted by molar-refractivity contribution is 0.0522. The number of hydrogen-bond acceptors (Lipinski definition) is 3. The molecule has 1 aliphatic heterocycles. The highest BCUT2D eigenvalue weighted by Crippen LogP contribution is 2.44. The van der Waals surface area contributed by atoms with Crippen LogP contribution in [-0.4, -0.2) is 29.2 Å². The van der Waals surface area contributed by atoms with Crippen molar-refractivity contribution in [1.82, 2.24) is 0 Å². The number of fused-ring (bicyclic) bond motifs is 1. The smallest absolute Gasteiger partial charge is 0.218 e. The average Bonchev–Trinajstić information content (AvgIpc) is 2.60. The van der Waals surface area contributed by atoms with Crippen LogP contribution in [0.3, 0.4) is 0 Å². The molecule has 0 saturated heterocycles. The SMILES string of the molecule is Cc1c(C)c2c(c(C)c1O)CCC(C)(CCCCCN=C(N)N=C(N)N)O2. The fourth-order valence-corrected chi connectivity index (χ4v) is 3.62. The van der Waals surface area contributed by atoms with E-state index in [0.717, 1.165) is 66.5 Å². The third-order valence-corrected chi connectivity index (χ3v) is 5.47. The molecule has 1 aromatic rings. The normalized spacial score (nSPS) is 19.3. The summed E-state index contributed by atoms with van der Waals surface area (Å²) in [6.45, 7) is 8.74. The Morgan fingerprint density at radius 1 is 1.07 bits per heavy atom. The molecule has 1 aliphatic rings. The second-order valence-corrected chi connectivity index (χ2v) is 7.67. The molecular formula is C20H33N5O2. The molecule has 0 amide bonds. The lowest BCUT2D eigenvalue weighted by atomic mass is 9.84. The highest BCUT2D eigenvalue weighted by atomic mass is 16.5. The predicted molar refractivity (Wildman–Crippen MR) is 110 cm³/mol. The van der Waals surface area contributed by atoms with Crippen LogP contribution in [0.4, 0.5) is 0 Å². The Kier molecular flexibility index (Phi) is 6.57. The first kappa shape index (κ1) is 20.9. The number of rotatable bonds is 6. The molecule has 7 N–H and O–H groups in total. The average molecular weight is 376 g/mol. The predicted octanol–water partition coefficient (Wildman–Crippen LogP) is 2.55. The minimum atomic E-state index is -0.172. The Bertz CT molecular complexity index is 753. The van der Waals surface area contributed by atoms with Gasteiger partial charge in [0.1, 0.15) is 17.1 Å². The number of phenolic OH excluding ortho intramolecular Hbond substituents is 1. The molecule has 7 nitrogen and oxygen atoms in total. The maximum atomic E-state index is 10.3. The van der Waals surface area contributed by atoms with Gasteiger partial charge in [0.2, 0.25) is 5.96 Å². The molecule has 0 bridgehead atoms. The Hall–Kier alpha value is -2.44. The molecular weight excluding hydrogens is 342 g/mol. The molecule has 1 aromatic carbocycles. The Morgan fingerprint density at radius 3 is 2.44 bits per heavy atom. The summed E-state index contributed by atoms with van der Waals surface area (Å²) in [7, 11) is 0. The third-order valence-electron chi connectivity index (χ3n) is 5.47. The van der Waals surface area contributed by atoms with Gasteiger partial charge in [-0.25, -0.2) is 0 Å². The molecule has 7 heteroatoms. The highest BCUT2D eigenvalue weighted by Gasteiger charge is 2.34. The van der Waals surface area contributed by atoms with Crippen LogP contribution < -0.4 is 21.9 Å². The maximum Gasteiger partial charge on any atom is 0.218 e. The number of hydrogen-bond donors (Lipinski definition) is 4. The monoisotopic (exact) mass is 375 g/mol. The van der Waals surface area contributed by atoms with Gasteiger partial charge in [0.05, 0.1) is 0 Å². The van der Waals surface area contributed by atoms with E-state index in [9.17, 15) is 5.11 Å². The zero-order valence-electron chi connectivity index (χ0n) is 16.9. The first-order valence-electron chi connectivity index (χ1n) is 9.55. The second kappa shape index (κ2) is 8.50. The Labute approximate surface area is 161 Å². The van der Waals surface area contributed by atoms with Crippen molar-refractivity contribution in [2.45, 2.75) is 71.8 Å². The van der Waals surface area contributed by atoms with Gasteiger partial charge in [0.15, 0.2) is 5.96 Å². The van der Waals surface area contributed by atoms with E-state index in [-0.39, 0.29) is 17.5 Å². The summed E-state index contributed by atoms with van der Waals surface area (Å²) in [5.74, 6) is 1.41. The van der Waals surface area contributed by atoms with Gasteiger partial charge in [-0.05, 0) is 76.5 Å². The van der Waals surface area contributed by atoms with E-state index in [0.29, 0.717) is 12.3 Å². The molecule has 2 rings (SSSR count). The number of aliphatic imine (C=N–C) groups is 2. The van der Waals surface area contributed by atoms with E-state index in [1.807, 2.05) is 20.8 Å². The number of unbranched alkanes of at least 4 members (excludes halogenated alkanes) is 2. The zero-order valence-corrected chi connectivity index (χ0v) is 16.9. The molecule has 1 atom stereocenters. The van der Waals surface area contributed by atoms with Gasteiger partial charge >= 0.3 is 0 Å². The van der Waals surface area contributed by atoms with E-state index in [2.05, 4.69) is 16.9 Å². The minimum Gasteiger partial charge on any atom is -0.507 e. The van der Waals surface area contributed by atoms with E-state index >= 15 is 0 Å². The van der Waals surface area contributed by atoms with Gasteiger partial charge in [-0.15, -0.1) is 0 Å². The Balaban J connectivity index is 1.90. The lowest BCUT2D eigenvalue weighted by Crippen LogP contribution is -2.37. The van der Waals surface area contributed by atoms with E-state index in [4.69, 9.17) is 21.9 Å². The quantitative estimate of drug-likeness (QED) is 0.344. The van der Waals surface area contributed by atoms with Crippen LogP contribution in [0.5, 0.6) is 11.5 Å². The summed E-state index contributed by atoms with van der Waals surface area (Å²) in [6, 6.07) is 0. The van der Waals surface area contributed by atoms with Crippen LogP contribution in [-0.2, 0) is 6.42 Å². The zero-order chi connectivity index (χ0) is 20.2. The van der Waals surface area contributed by atoms with Gasteiger partial charge in [-0.1, -0.05) is 6.42 Å². The molecule has 0 spiro atoms. The summed E-state index contributed by atoms with van der Waals surface area (Å²) in [4.78, 5) is 7.82. The number of nitrogens with two attached hydrogens (primary N) is 3. The number of aromatic hydroxyl groups is 1. The maximum absolute atomic E-state index is 10.3. The van der Waals surface area contributed by atoms with Crippen molar-refractivity contribution < 1.29 is 9.84 Å². The minimum absolute atomic E-state index is 0.0759. The van der Waals surface area contributed by atoms with Crippen LogP contribution in [0.2, 0.25) is 0 Å². The fraction of sp³-hybridized carbons (Fsp3) is 0.600. The van der Waals surface area contributed by atoms with Gasteiger partial charge in [-0.2, -0.15) is 4.99 Å². The van der Waals surface area contributed by atoms with Gasteiger partial charge < -0.3 is 27.0 Å². The molecule has 0 fully saturated rings. The fourth-order valence-electron chi connectivity index (χ4n) is 3.62. The van der Waals surface area contributed by atoms with Gasteiger partial charge in [-0.3, -0.25) is 4.99 Å². The van der Waals surface area contributed by atoms with Crippen molar-refractivity contribution in [3.05, 3.63) is 22.3 Å². The molecule has 0 aliphatic carbocycles. The summed E-state index contributed by atoms with van der Waals surface area (Å²) >= 11 is 0. The second-order valence-electron chi connectivity index (χ2n) is 7.67. The van der Waals surface area contributed by atoms with Crippen LogP contribution in [0, 0.1) is 20.8 Å². The molecule has 27 heavy (non-hydrogen) atoms. The molecule has 1 unspecified atom stereocenters. The first-order valence-corrected chi connectivity index (χ1v) is 9.55. The van der Waals surface area contributed by atoms with E-state index in [1.54, 1.807) is 0 Å². The largest absolute Gasteiger partial charge is 0.507 e. The molecule has 0 radical (unpaired) electrons. The summed E-state index contributed by atoms with van der Waals surface area (Å²) in [5, 5.41) is 10.3. The van der Waals surface area contributed by atoms with Gasteiger partial charge in [0.25, 0.3) is 0 Å². The summed E-state index contributed by atoms with van der Waals surface area (Å²) in [5.41, 5.74) is 20.0. The third kappa shape index (κ3) is 5.05. The number of ether oxygens (including phenoxy) is 1. The molecule has 0 saturated carbocycles. The van der Waals surface area contributed by atoms with Crippen molar-refractivity contribution in [3.8, 4) is 11.5 Å². The standard InChI is InChI=1S/C20H33N5O2/c1-12-13(2)17-15(14(3)16(12)26)8-10-20(4,27-17)9-6-5-7-11-24-19(23)25-18(21)22/h26H,5-11H2,1-4H3,(H6,21,22,23,24,25). The van der Waals surface area contributed by atoms with E-state index < -0.39 is 0 Å². The van der Waals surface area contributed by atoms with Crippen molar-refractivity contribution in [1.29, 1.82) is 0 Å². The van der Waals surface area contributed by atoms with Crippen molar-refractivity contribution in [3.63, 3.8) is 0 Å². The van der Waals surface area contributed by atoms with Gasteiger partial charge in [0, 0.05) is 12.1 Å². The molecule has 1 heterocycles. The first-order chi connectivity index (χ1) is 12.6. The van der Waals surface area contributed by atoms with E-state index in [1.165, 1.54) is 0 Å². The molecule has 150 valence electrons. The number of phenols is 1. The lowest BCUT2D eigenvalue weighted by Gasteiger charge is -2.38. The van der Waals surface area contributed by atoms with Crippen LogP contribution in [0.25, 0.3) is 0 Å². The van der Waals surface area contributed by atoms with Crippen molar-refractivity contribution in [2.24, 2.45) is 27.2 Å². The van der Waals surface area contributed by atoms with Crippen LogP contribution >= 0.6 is 0 Å². The van der Waals surface area contributed by atoms with Crippen molar-refractivity contribution in [2.75, 3.05) is 6.54 Å². The number of benzene rings is 1. The Morgan fingerprint density at radius 2 is 1.78 bits per heavy atom. The number of nitrogens with zero attached hydrogens (tertiary/aromatic N) is 2. The topological polar surface area (TPSA) is 132 Å².